The summed E-state index contributed by atoms with van der Waals surface area (Å²) in [5.74, 6) is 0. The summed E-state index contributed by atoms with van der Waals surface area (Å²) < 4.78 is 1.13. The molecule has 4 nitrogen and oxygen atoms in total. The third-order valence-corrected chi connectivity index (χ3v) is 4.20. The minimum atomic E-state index is -0.306. The highest BCUT2D eigenvalue weighted by Crippen LogP contribution is 2.24. The molecule has 0 saturated heterocycles. The number of benzene rings is 2. The minimum absolute atomic E-state index is 0.306. The van der Waals surface area contributed by atoms with Crippen LogP contribution >= 0.6 is 11.3 Å². The fraction of sp³-hybridized carbons (Fsp3) is 0.0588. The molecule has 0 aliphatic rings. The molecule has 0 aliphatic heterocycles. The van der Waals surface area contributed by atoms with E-state index in [0.717, 1.165) is 16.0 Å². The number of urea groups is 1. The van der Waals surface area contributed by atoms with Crippen LogP contribution in [0.25, 0.3) is 10.1 Å². The van der Waals surface area contributed by atoms with Crippen molar-refractivity contribution in [3.8, 4) is 6.07 Å². The second kappa shape index (κ2) is 5.88. The fourth-order valence-corrected chi connectivity index (χ4v) is 3.02. The summed E-state index contributed by atoms with van der Waals surface area (Å²) in [6.45, 7) is 1.84. The Morgan fingerprint density at radius 2 is 1.82 bits per heavy atom. The molecule has 0 aliphatic carbocycles. The van der Waals surface area contributed by atoms with Crippen molar-refractivity contribution in [3.05, 3.63) is 59.0 Å². The van der Waals surface area contributed by atoms with Gasteiger partial charge in [0.25, 0.3) is 0 Å². The maximum absolute atomic E-state index is 12.0. The zero-order chi connectivity index (χ0) is 15.5. The maximum Gasteiger partial charge on any atom is 0.323 e. The lowest BCUT2D eigenvalue weighted by atomic mass is 10.1. The summed E-state index contributed by atoms with van der Waals surface area (Å²) in [6, 6.07) is 14.8. The van der Waals surface area contributed by atoms with Gasteiger partial charge in [0.1, 0.15) is 0 Å². The molecule has 3 aromatic rings. The van der Waals surface area contributed by atoms with Crippen LogP contribution in [0.3, 0.4) is 0 Å². The van der Waals surface area contributed by atoms with Crippen molar-refractivity contribution in [2.24, 2.45) is 0 Å². The molecule has 0 bridgehead atoms. The van der Waals surface area contributed by atoms with Crippen molar-refractivity contribution in [1.82, 2.24) is 0 Å². The highest BCUT2D eigenvalue weighted by atomic mass is 32.1. The van der Waals surface area contributed by atoms with Gasteiger partial charge in [0.2, 0.25) is 0 Å². The largest absolute Gasteiger partial charge is 0.323 e. The van der Waals surface area contributed by atoms with Gasteiger partial charge in [-0.05, 0) is 59.7 Å². The Hall–Kier alpha value is -2.84. The van der Waals surface area contributed by atoms with Gasteiger partial charge in [0, 0.05) is 16.1 Å². The van der Waals surface area contributed by atoms with E-state index in [1.165, 1.54) is 5.39 Å². The number of hydrogen-bond donors (Lipinski definition) is 2. The Morgan fingerprint density at radius 3 is 2.55 bits per heavy atom. The Labute approximate surface area is 132 Å². The fourth-order valence-electron chi connectivity index (χ4n) is 2.19. The van der Waals surface area contributed by atoms with Crippen LogP contribution in [0.2, 0.25) is 0 Å². The first kappa shape index (κ1) is 14.1. The van der Waals surface area contributed by atoms with Crippen LogP contribution in [0.1, 0.15) is 11.1 Å². The number of fused-ring (bicyclic) bond motifs is 1. The summed E-state index contributed by atoms with van der Waals surface area (Å²) in [7, 11) is 0. The topological polar surface area (TPSA) is 64.9 Å². The summed E-state index contributed by atoms with van der Waals surface area (Å²) in [4.78, 5) is 12.0. The van der Waals surface area contributed by atoms with Gasteiger partial charge in [-0.1, -0.05) is 6.07 Å². The molecule has 2 amide bonds. The summed E-state index contributed by atoms with van der Waals surface area (Å²) in [5, 5.41) is 17.7. The van der Waals surface area contributed by atoms with Crippen molar-refractivity contribution < 1.29 is 4.79 Å². The van der Waals surface area contributed by atoms with Crippen LogP contribution in [-0.2, 0) is 0 Å². The molecule has 0 unspecified atom stereocenters. The number of nitrogens with zero attached hydrogens (tertiary/aromatic N) is 1. The number of nitrogens with one attached hydrogen (secondary N) is 2. The highest BCUT2D eigenvalue weighted by Gasteiger charge is 2.05. The van der Waals surface area contributed by atoms with E-state index in [-0.39, 0.29) is 6.03 Å². The predicted molar refractivity (Wildman–Crippen MR) is 90.4 cm³/mol. The summed E-state index contributed by atoms with van der Waals surface area (Å²) >= 11 is 1.64. The highest BCUT2D eigenvalue weighted by molar-refractivity contribution is 7.17. The minimum Gasteiger partial charge on any atom is -0.308 e. The first-order chi connectivity index (χ1) is 10.7. The average Bonchev–Trinajstić information content (AvgIpc) is 2.95. The van der Waals surface area contributed by atoms with Gasteiger partial charge < -0.3 is 10.6 Å². The van der Waals surface area contributed by atoms with Crippen molar-refractivity contribution >= 4 is 38.8 Å². The molecule has 3 rings (SSSR count). The number of carbonyl (C=O) groups excluding carboxylic acids is 1. The number of amides is 2. The molecule has 5 heteroatoms. The molecule has 0 fully saturated rings. The molecule has 2 aromatic carbocycles. The molecular formula is C17H13N3OS. The van der Waals surface area contributed by atoms with Crippen molar-refractivity contribution in [3.63, 3.8) is 0 Å². The lowest BCUT2D eigenvalue weighted by Crippen LogP contribution is -2.19. The van der Waals surface area contributed by atoms with Gasteiger partial charge in [0.05, 0.1) is 11.6 Å². The van der Waals surface area contributed by atoms with Crippen molar-refractivity contribution in [1.29, 1.82) is 5.26 Å². The van der Waals surface area contributed by atoms with Crippen LogP contribution in [-0.4, -0.2) is 6.03 Å². The lowest BCUT2D eigenvalue weighted by Gasteiger charge is -2.09. The second-order valence-corrected chi connectivity index (χ2v) is 5.84. The number of thiophene rings is 1. The average molecular weight is 307 g/mol. The Bertz CT molecular complexity index is 892. The number of nitriles is 1. The number of carbonyl (C=O) groups is 1. The molecule has 108 valence electrons. The van der Waals surface area contributed by atoms with Gasteiger partial charge in [-0.2, -0.15) is 5.26 Å². The van der Waals surface area contributed by atoms with E-state index in [1.54, 1.807) is 29.5 Å². The number of rotatable bonds is 2. The maximum atomic E-state index is 12.0. The van der Waals surface area contributed by atoms with Gasteiger partial charge in [-0.25, -0.2) is 4.79 Å². The number of hydrogen-bond acceptors (Lipinski definition) is 3. The SMILES string of the molecule is Cc1cc(NC(=O)Nc2ccc3ccsc3c2)ccc1C#N. The van der Waals surface area contributed by atoms with Crippen LogP contribution in [0.5, 0.6) is 0 Å². The van der Waals surface area contributed by atoms with E-state index in [1.807, 2.05) is 36.6 Å². The van der Waals surface area contributed by atoms with E-state index in [0.29, 0.717) is 11.3 Å². The Balaban J connectivity index is 1.72. The second-order valence-electron chi connectivity index (χ2n) is 4.89. The monoisotopic (exact) mass is 307 g/mol. The Morgan fingerprint density at radius 1 is 1.09 bits per heavy atom. The first-order valence-electron chi connectivity index (χ1n) is 6.72. The van der Waals surface area contributed by atoms with E-state index in [2.05, 4.69) is 16.7 Å². The lowest BCUT2D eigenvalue weighted by molar-refractivity contribution is 0.262. The van der Waals surface area contributed by atoms with Crippen LogP contribution in [0, 0.1) is 18.3 Å². The van der Waals surface area contributed by atoms with Crippen LogP contribution < -0.4 is 10.6 Å². The van der Waals surface area contributed by atoms with E-state index >= 15 is 0 Å². The quantitative estimate of drug-likeness (QED) is 0.719. The molecule has 2 N–H and O–H groups in total. The summed E-state index contributed by atoms with van der Waals surface area (Å²) in [6.07, 6.45) is 0. The number of aryl methyl sites for hydroxylation is 1. The molecule has 0 spiro atoms. The molecule has 0 radical (unpaired) electrons. The molecule has 0 saturated carbocycles. The normalized spacial score (nSPS) is 10.2. The standard InChI is InChI=1S/C17H13N3OS/c1-11-8-14(5-3-13(11)10-18)19-17(21)20-15-4-2-12-6-7-22-16(12)9-15/h2-9H,1H3,(H2,19,20,21). The molecule has 0 atom stereocenters. The van der Waals surface area contributed by atoms with Gasteiger partial charge >= 0.3 is 6.03 Å². The molecule has 22 heavy (non-hydrogen) atoms. The third-order valence-electron chi connectivity index (χ3n) is 3.32. The van der Waals surface area contributed by atoms with Crippen molar-refractivity contribution in [2.75, 3.05) is 10.6 Å². The van der Waals surface area contributed by atoms with Crippen molar-refractivity contribution in [2.45, 2.75) is 6.92 Å². The number of anilines is 2. The van der Waals surface area contributed by atoms with E-state index < -0.39 is 0 Å². The first-order valence-corrected chi connectivity index (χ1v) is 7.60. The zero-order valence-electron chi connectivity index (χ0n) is 11.9. The van der Waals surface area contributed by atoms with E-state index in [4.69, 9.17) is 5.26 Å². The van der Waals surface area contributed by atoms with Crippen LogP contribution in [0.15, 0.2) is 47.8 Å². The van der Waals surface area contributed by atoms with E-state index in [9.17, 15) is 4.79 Å². The third kappa shape index (κ3) is 2.92. The smallest absolute Gasteiger partial charge is 0.308 e. The zero-order valence-corrected chi connectivity index (χ0v) is 12.7. The Kier molecular flexibility index (Phi) is 3.77. The molecule has 1 aromatic heterocycles. The molecular weight excluding hydrogens is 294 g/mol. The van der Waals surface area contributed by atoms with Crippen LogP contribution in [0.4, 0.5) is 16.2 Å². The van der Waals surface area contributed by atoms with Gasteiger partial charge in [-0.3, -0.25) is 0 Å². The molecule has 1 heterocycles. The predicted octanol–water partition coefficient (Wildman–Crippen LogP) is 4.73. The summed E-state index contributed by atoms with van der Waals surface area (Å²) in [5.41, 5.74) is 2.85. The van der Waals surface area contributed by atoms with Gasteiger partial charge in [0.15, 0.2) is 0 Å². The van der Waals surface area contributed by atoms with Gasteiger partial charge in [-0.15, -0.1) is 11.3 Å².